The minimum atomic E-state index is -0.172. The van der Waals surface area contributed by atoms with E-state index in [2.05, 4.69) is 17.1 Å². The normalized spacial score (nSPS) is 12.0. The van der Waals surface area contributed by atoms with Crippen LogP contribution in [0.2, 0.25) is 0 Å². The molecule has 0 aliphatic rings. The van der Waals surface area contributed by atoms with E-state index < -0.39 is 0 Å². The first-order chi connectivity index (χ1) is 14.1. The average Bonchev–Trinajstić information content (AvgIpc) is 3.18. The molecule has 0 bridgehead atoms. The minimum Gasteiger partial charge on any atom is -0.466 e. The quantitative estimate of drug-likeness (QED) is 0.383. The highest BCUT2D eigenvalue weighted by Gasteiger charge is 2.17. The summed E-state index contributed by atoms with van der Waals surface area (Å²) in [5, 5.41) is 12.5. The van der Waals surface area contributed by atoms with Crippen molar-refractivity contribution in [2.24, 2.45) is 0 Å². The number of hydrogen-bond acceptors (Lipinski definition) is 5. The number of carbonyl (C=O) groups is 1. The van der Waals surface area contributed by atoms with Crippen molar-refractivity contribution in [3.63, 3.8) is 0 Å². The molecule has 29 heavy (non-hydrogen) atoms. The van der Waals surface area contributed by atoms with Crippen LogP contribution in [0.15, 0.2) is 54.9 Å². The molecule has 5 heteroatoms. The maximum atomic E-state index is 11.9. The van der Waals surface area contributed by atoms with Crippen molar-refractivity contribution in [2.45, 2.75) is 26.2 Å². The molecular weight excluding hydrogens is 380 g/mol. The zero-order valence-electron chi connectivity index (χ0n) is 16.3. The van der Waals surface area contributed by atoms with Crippen LogP contribution in [0.25, 0.3) is 32.0 Å². The molecule has 4 aromatic rings. The summed E-state index contributed by atoms with van der Waals surface area (Å²) in [5.74, 6) is -0.0918. The fraction of sp³-hybridized carbons (Fsp3) is 0.208. The van der Waals surface area contributed by atoms with Gasteiger partial charge in [-0.05, 0) is 30.0 Å². The summed E-state index contributed by atoms with van der Waals surface area (Å²) in [6.45, 7) is 4.27. The second-order valence-corrected chi connectivity index (χ2v) is 8.09. The summed E-state index contributed by atoms with van der Waals surface area (Å²) in [4.78, 5) is 17.5. The number of carbonyl (C=O) groups excluding carboxylic acids is 1. The predicted molar refractivity (Wildman–Crippen MR) is 117 cm³/mol. The van der Waals surface area contributed by atoms with Crippen molar-refractivity contribution >= 4 is 38.2 Å². The largest absolute Gasteiger partial charge is 0.466 e. The van der Waals surface area contributed by atoms with Crippen LogP contribution in [0.5, 0.6) is 0 Å². The summed E-state index contributed by atoms with van der Waals surface area (Å²) in [5.41, 5.74) is 2.76. The molecular formula is C24H20N2O2S. The summed E-state index contributed by atoms with van der Waals surface area (Å²) in [7, 11) is 0. The van der Waals surface area contributed by atoms with Gasteiger partial charge in [0, 0.05) is 39.5 Å². The Balaban J connectivity index is 1.82. The van der Waals surface area contributed by atoms with Crippen LogP contribution in [-0.2, 0) is 9.53 Å². The van der Waals surface area contributed by atoms with Crippen LogP contribution in [0.4, 0.5) is 0 Å². The first-order valence-corrected chi connectivity index (χ1v) is 10.4. The Kier molecular flexibility index (Phi) is 5.28. The number of esters is 1. The molecule has 0 aliphatic heterocycles. The zero-order chi connectivity index (χ0) is 20.4. The lowest BCUT2D eigenvalue weighted by Crippen LogP contribution is -2.07. The number of benzene rings is 2. The number of pyridine rings is 1. The molecule has 4 nitrogen and oxygen atoms in total. The molecule has 144 valence electrons. The molecule has 0 spiro atoms. The monoisotopic (exact) mass is 400 g/mol. The summed E-state index contributed by atoms with van der Waals surface area (Å²) < 4.78 is 6.18. The van der Waals surface area contributed by atoms with Gasteiger partial charge in [0.15, 0.2) is 0 Å². The SMILES string of the molecule is CCOC(=O)C[C@@H](C)c1cc2c(-c3ccc(C#N)c4ccccc34)cncc2s1. The smallest absolute Gasteiger partial charge is 0.306 e. The molecule has 1 atom stereocenters. The van der Waals surface area contributed by atoms with Crippen molar-refractivity contribution < 1.29 is 9.53 Å². The molecule has 0 fully saturated rings. The summed E-state index contributed by atoms with van der Waals surface area (Å²) >= 11 is 1.66. The van der Waals surface area contributed by atoms with E-state index in [-0.39, 0.29) is 11.9 Å². The molecule has 0 N–H and O–H groups in total. The lowest BCUT2D eigenvalue weighted by atomic mass is 9.94. The number of ether oxygens (including phenoxy) is 1. The molecule has 0 amide bonds. The van der Waals surface area contributed by atoms with Crippen molar-refractivity contribution in [2.75, 3.05) is 6.61 Å². The van der Waals surface area contributed by atoms with Crippen LogP contribution in [0, 0.1) is 11.3 Å². The van der Waals surface area contributed by atoms with E-state index in [1.54, 1.807) is 11.3 Å². The Morgan fingerprint density at radius 3 is 2.69 bits per heavy atom. The Bertz CT molecular complexity index is 1250. The minimum absolute atomic E-state index is 0.0806. The topological polar surface area (TPSA) is 63.0 Å². The highest BCUT2D eigenvalue weighted by atomic mass is 32.1. The van der Waals surface area contributed by atoms with Crippen LogP contribution in [-0.4, -0.2) is 17.6 Å². The fourth-order valence-electron chi connectivity index (χ4n) is 3.64. The Morgan fingerprint density at radius 2 is 1.93 bits per heavy atom. The van der Waals surface area contributed by atoms with E-state index in [4.69, 9.17) is 4.74 Å². The number of nitriles is 1. The molecule has 2 aromatic carbocycles. The molecule has 0 saturated carbocycles. The highest BCUT2D eigenvalue weighted by Crippen LogP contribution is 2.39. The van der Waals surface area contributed by atoms with Gasteiger partial charge in [-0.1, -0.05) is 37.3 Å². The summed E-state index contributed by atoms with van der Waals surface area (Å²) in [6, 6.07) is 16.3. The van der Waals surface area contributed by atoms with E-state index >= 15 is 0 Å². The second kappa shape index (κ2) is 8.02. The zero-order valence-corrected chi connectivity index (χ0v) is 17.1. The van der Waals surface area contributed by atoms with Gasteiger partial charge in [-0.15, -0.1) is 11.3 Å². The first kappa shape index (κ1) is 19.1. The van der Waals surface area contributed by atoms with Gasteiger partial charge in [-0.2, -0.15) is 5.26 Å². The standard InChI is InChI=1S/C24H20N2O2S/c1-3-28-24(27)10-15(2)22-11-20-21(13-26-14-23(20)29-22)19-9-8-16(12-25)17-6-4-5-7-18(17)19/h4-9,11,13-15H,3,10H2,1-2H3/t15-/m1/s1. The van der Waals surface area contributed by atoms with E-state index in [1.165, 1.54) is 0 Å². The maximum Gasteiger partial charge on any atom is 0.306 e. The maximum absolute atomic E-state index is 11.9. The third-order valence-corrected chi connectivity index (χ3v) is 6.37. The molecule has 2 aromatic heterocycles. The Labute approximate surface area is 173 Å². The first-order valence-electron chi connectivity index (χ1n) is 9.57. The van der Waals surface area contributed by atoms with E-state index in [0.29, 0.717) is 18.6 Å². The number of rotatable bonds is 5. The van der Waals surface area contributed by atoms with Crippen LogP contribution >= 0.6 is 11.3 Å². The number of thiophene rings is 1. The molecule has 0 unspecified atom stereocenters. The van der Waals surface area contributed by atoms with E-state index in [1.807, 2.05) is 62.6 Å². The van der Waals surface area contributed by atoms with Crippen LogP contribution in [0.3, 0.4) is 0 Å². The number of aromatic nitrogens is 1. The number of nitrogens with zero attached hydrogens (tertiary/aromatic N) is 2. The lowest BCUT2D eigenvalue weighted by molar-refractivity contribution is -0.143. The lowest BCUT2D eigenvalue weighted by Gasteiger charge is -2.09. The van der Waals surface area contributed by atoms with Crippen LogP contribution < -0.4 is 0 Å². The van der Waals surface area contributed by atoms with Gasteiger partial charge in [0.2, 0.25) is 0 Å². The fourth-order valence-corrected chi connectivity index (χ4v) is 4.75. The Hall–Kier alpha value is -3.23. The van der Waals surface area contributed by atoms with E-state index in [0.717, 1.165) is 36.9 Å². The Morgan fingerprint density at radius 1 is 1.14 bits per heavy atom. The predicted octanol–water partition coefficient (Wildman–Crippen LogP) is 6.04. The van der Waals surface area contributed by atoms with Crippen molar-refractivity contribution in [1.82, 2.24) is 4.98 Å². The molecule has 0 radical (unpaired) electrons. The van der Waals surface area contributed by atoms with Gasteiger partial charge < -0.3 is 4.74 Å². The van der Waals surface area contributed by atoms with Gasteiger partial charge in [0.05, 0.1) is 29.4 Å². The molecule has 4 rings (SSSR count). The number of hydrogen-bond donors (Lipinski definition) is 0. The van der Waals surface area contributed by atoms with Crippen molar-refractivity contribution in [3.8, 4) is 17.2 Å². The number of fused-ring (bicyclic) bond motifs is 2. The summed E-state index contributed by atoms with van der Waals surface area (Å²) in [6.07, 6.45) is 4.11. The van der Waals surface area contributed by atoms with Gasteiger partial charge in [0.25, 0.3) is 0 Å². The molecule has 0 saturated heterocycles. The average molecular weight is 401 g/mol. The second-order valence-electron chi connectivity index (χ2n) is 6.98. The van der Waals surface area contributed by atoms with Crippen molar-refractivity contribution in [1.29, 1.82) is 5.26 Å². The molecule has 0 aliphatic carbocycles. The third-order valence-electron chi connectivity index (χ3n) is 5.06. The third kappa shape index (κ3) is 3.59. The van der Waals surface area contributed by atoms with E-state index in [9.17, 15) is 10.1 Å². The molecule has 2 heterocycles. The van der Waals surface area contributed by atoms with Crippen LogP contribution in [0.1, 0.15) is 36.6 Å². The van der Waals surface area contributed by atoms with Gasteiger partial charge in [0.1, 0.15) is 0 Å². The van der Waals surface area contributed by atoms with Gasteiger partial charge in [-0.25, -0.2) is 0 Å². The highest BCUT2D eigenvalue weighted by molar-refractivity contribution is 7.19. The van der Waals surface area contributed by atoms with Crippen molar-refractivity contribution in [3.05, 3.63) is 65.3 Å². The van der Waals surface area contributed by atoms with Gasteiger partial charge in [-0.3, -0.25) is 9.78 Å². The van der Waals surface area contributed by atoms with Gasteiger partial charge >= 0.3 is 5.97 Å².